The van der Waals surface area contributed by atoms with Crippen molar-refractivity contribution in [2.24, 2.45) is 0 Å². The number of sulfonamides is 1. The topological polar surface area (TPSA) is 81.7 Å². The number of carbonyl (C=O) groups is 1. The first kappa shape index (κ1) is 19.9. The van der Waals surface area contributed by atoms with Crippen molar-refractivity contribution >= 4 is 26.8 Å². The predicted molar refractivity (Wildman–Crippen MR) is 107 cm³/mol. The van der Waals surface area contributed by atoms with Gasteiger partial charge in [0, 0.05) is 0 Å². The summed E-state index contributed by atoms with van der Waals surface area (Å²) in [5, 5.41) is 1.75. The van der Waals surface area contributed by atoms with Crippen LogP contribution in [-0.2, 0) is 19.6 Å². The number of esters is 1. The molecule has 0 saturated carbocycles. The minimum atomic E-state index is -3.81. The van der Waals surface area contributed by atoms with Crippen molar-refractivity contribution in [3.8, 4) is 5.75 Å². The summed E-state index contributed by atoms with van der Waals surface area (Å²) in [6, 6.07) is 19.7. The average molecular weight is 399 g/mol. The van der Waals surface area contributed by atoms with E-state index in [1.807, 2.05) is 55.5 Å². The van der Waals surface area contributed by atoms with Crippen molar-refractivity contribution in [3.05, 3.63) is 72.3 Å². The molecule has 28 heavy (non-hydrogen) atoms. The fourth-order valence-corrected chi connectivity index (χ4v) is 3.58. The lowest BCUT2D eigenvalue weighted by Gasteiger charge is -2.09. The number of benzene rings is 3. The smallest absolute Gasteiger partial charge is 0.321 e. The molecule has 3 aromatic rings. The Balaban J connectivity index is 1.46. The molecule has 3 aromatic carbocycles. The molecule has 0 fully saturated rings. The van der Waals surface area contributed by atoms with Gasteiger partial charge in [-0.3, -0.25) is 4.79 Å². The van der Waals surface area contributed by atoms with E-state index in [-0.39, 0.29) is 18.1 Å². The first-order valence-electron chi connectivity index (χ1n) is 8.78. The zero-order chi connectivity index (χ0) is 20.0. The number of nitrogens with one attached hydrogen (secondary N) is 1. The van der Waals surface area contributed by atoms with E-state index < -0.39 is 22.5 Å². The van der Waals surface area contributed by atoms with E-state index in [0.717, 1.165) is 16.3 Å². The van der Waals surface area contributed by atoms with Gasteiger partial charge in [-0.2, -0.15) is 4.72 Å². The molecule has 0 radical (unpaired) electrons. The molecule has 0 aliphatic heterocycles. The van der Waals surface area contributed by atoms with Gasteiger partial charge in [0.2, 0.25) is 10.0 Å². The number of fused-ring (bicyclic) bond motifs is 1. The van der Waals surface area contributed by atoms with Gasteiger partial charge in [0.1, 0.15) is 25.5 Å². The van der Waals surface area contributed by atoms with Crippen LogP contribution in [0.4, 0.5) is 0 Å². The number of rotatable bonds is 8. The van der Waals surface area contributed by atoms with E-state index in [2.05, 4.69) is 4.72 Å². The van der Waals surface area contributed by atoms with Crippen molar-refractivity contribution in [1.29, 1.82) is 0 Å². The second kappa shape index (κ2) is 8.86. The second-order valence-corrected chi connectivity index (χ2v) is 7.98. The summed E-state index contributed by atoms with van der Waals surface area (Å²) in [5.41, 5.74) is 1.12. The molecule has 0 heterocycles. The lowest BCUT2D eigenvalue weighted by atomic mass is 10.1. The minimum absolute atomic E-state index is 0.0322. The van der Waals surface area contributed by atoms with Gasteiger partial charge in [0.25, 0.3) is 0 Å². The molecule has 0 unspecified atom stereocenters. The van der Waals surface area contributed by atoms with Crippen LogP contribution in [0.25, 0.3) is 10.8 Å². The molecule has 146 valence electrons. The van der Waals surface area contributed by atoms with E-state index in [0.29, 0.717) is 5.75 Å². The highest BCUT2D eigenvalue weighted by molar-refractivity contribution is 7.89. The maximum Gasteiger partial charge on any atom is 0.321 e. The Bertz CT molecular complexity index is 1060. The van der Waals surface area contributed by atoms with Gasteiger partial charge in [-0.25, -0.2) is 8.42 Å². The van der Waals surface area contributed by atoms with Crippen molar-refractivity contribution in [3.63, 3.8) is 0 Å². The highest BCUT2D eigenvalue weighted by Crippen LogP contribution is 2.18. The number of ether oxygens (including phenoxy) is 2. The molecule has 0 aliphatic rings. The molecule has 7 heteroatoms. The average Bonchev–Trinajstić information content (AvgIpc) is 2.70. The van der Waals surface area contributed by atoms with Crippen LogP contribution in [0.2, 0.25) is 0 Å². The van der Waals surface area contributed by atoms with Crippen LogP contribution in [0, 0.1) is 6.92 Å². The third-order valence-corrected chi connectivity index (χ3v) is 5.47. The maximum atomic E-state index is 12.4. The van der Waals surface area contributed by atoms with E-state index >= 15 is 0 Å². The Hall–Kier alpha value is -2.90. The van der Waals surface area contributed by atoms with E-state index in [1.54, 1.807) is 12.1 Å². The van der Waals surface area contributed by atoms with Gasteiger partial charge in [0.15, 0.2) is 0 Å². The van der Waals surface area contributed by atoms with Crippen molar-refractivity contribution in [1.82, 2.24) is 4.72 Å². The first-order valence-corrected chi connectivity index (χ1v) is 10.3. The number of aryl methyl sites for hydroxylation is 1. The normalized spacial score (nSPS) is 11.3. The van der Waals surface area contributed by atoms with E-state index in [1.165, 1.54) is 6.07 Å². The first-order chi connectivity index (χ1) is 13.4. The Labute approximate surface area is 164 Å². The van der Waals surface area contributed by atoms with E-state index in [4.69, 9.17) is 9.47 Å². The molecule has 0 atom stereocenters. The lowest BCUT2D eigenvalue weighted by Crippen LogP contribution is -2.31. The molecule has 0 amide bonds. The Morgan fingerprint density at radius 2 is 1.64 bits per heavy atom. The van der Waals surface area contributed by atoms with Crippen molar-refractivity contribution in [2.75, 3.05) is 19.8 Å². The Morgan fingerprint density at radius 3 is 2.39 bits per heavy atom. The highest BCUT2D eigenvalue weighted by atomic mass is 32.2. The van der Waals surface area contributed by atoms with Crippen LogP contribution in [-0.4, -0.2) is 34.1 Å². The molecular weight excluding hydrogens is 378 g/mol. The predicted octanol–water partition coefficient (Wildman–Crippen LogP) is 3.05. The zero-order valence-electron chi connectivity index (χ0n) is 15.4. The summed E-state index contributed by atoms with van der Waals surface area (Å²) in [5.74, 6) is 0.00975. The van der Waals surface area contributed by atoms with Gasteiger partial charge in [0.05, 0.1) is 4.90 Å². The van der Waals surface area contributed by atoms with Crippen molar-refractivity contribution < 1.29 is 22.7 Å². The largest absolute Gasteiger partial charge is 0.490 e. The molecule has 0 saturated heterocycles. The SMILES string of the molecule is Cc1ccc(OCCOC(=O)CNS(=O)(=O)c2ccc3ccccc3c2)cc1. The summed E-state index contributed by atoms with van der Waals surface area (Å²) in [4.78, 5) is 11.9. The van der Waals surface area contributed by atoms with Crippen molar-refractivity contribution in [2.45, 2.75) is 11.8 Å². The van der Waals surface area contributed by atoms with Crippen LogP contribution < -0.4 is 9.46 Å². The summed E-state index contributed by atoms with van der Waals surface area (Å²) in [6.45, 7) is 1.75. The Morgan fingerprint density at radius 1 is 0.929 bits per heavy atom. The van der Waals surface area contributed by atoms with Crippen LogP contribution >= 0.6 is 0 Å². The third kappa shape index (κ3) is 5.31. The molecular formula is C21H21NO5S. The molecule has 0 bridgehead atoms. The van der Waals surface area contributed by atoms with Gasteiger partial charge >= 0.3 is 5.97 Å². The van der Waals surface area contributed by atoms with Gasteiger partial charge < -0.3 is 9.47 Å². The number of hydrogen-bond donors (Lipinski definition) is 1. The molecule has 3 rings (SSSR count). The number of carbonyl (C=O) groups excluding carboxylic acids is 1. The van der Waals surface area contributed by atoms with Gasteiger partial charge in [-0.15, -0.1) is 0 Å². The quantitative estimate of drug-likeness (QED) is 0.465. The third-order valence-electron chi connectivity index (χ3n) is 4.07. The molecule has 0 aliphatic carbocycles. The lowest BCUT2D eigenvalue weighted by molar-refractivity contribution is -0.142. The second-order valence-electron chi connectivity index (χ2n) is 6.22. The fraction of sp³-hybridized carbons (Fsp3) is 0.190. The van der Waals surface area contributed by atoms with Crippen LogP contribution in [0.3, 0.4) is 0 Å². The fourth-order valence-electron chi connectivity index (χ4n) is 2.57. The van der Waals surface area contributed by atoms with Crippen LogP contribution in [0.15, 0.2) is 71.6 Å². The molecule has 6 nitrogen and oxygen atoms in total. The molecule has 0 aromatic heterocycles. The summed E-state index contributed by atoms with van der Waals surface area (Å²) >= 11 is 0. The number of hydrogen-bond acceptors (Lipinski definition) is 5. The summed E-state index contributed by atoms with van der Waals surface area (Å²) < 4.78 is 37.5. The minimum Gasteiger partial charge on any atom is -0.490 e. The summed E-state index contributed by atoms with van der Waals surface area (Å²) in [7, 11) is -3.81. The Kier molecular flexibility index (Phi) is 6.28. The van der Waals surface area contributed by atoms with Gasteiger partial charge in [-0.1, -0.05) is 48.0 Å². The van der Waals surface area contributed by atoms with Crippen LogP contribution in [0.1, 0.15) is 5.56 Å². The zero-order valence-corrected chi connectivity index (χ0v) is 16.2. The maximum absolute atomic E-state index is 12.4. The monoisotopic (exact) mass is 399 g/mol. The molecule has 0 spiro atoms. The van der Waals surface area contributed by atoms with Gasteiger partial charge in [-0.05, 0) is 42.0 Å². The highest BCUT2D eigenvalue weighted by Gasteiger charge is 2.16. The molecule has 1 N–H and O–H groups in total. The standard InChI is InChI=1S/C21H21NO5S/c1-16-6-9-19(10-7-16)26-12-13-27-21(23)15-22-28(24,25)20-11-8-17-4-2-3-5-18(17)14-20/h2-11,14,22H,12-13,15H2,1H3. The summed E-state index contributed by atoms with van der Waals surface area (Å²) in [6.07, 6.45) is 0. The van der Waals surface area contributed by atoms with Crippen LogP contribution in [0.5, 0.6) is 5.75 Å². The van der Waals surface area contributed by atoms with E-state index in [9.17, 15) is 13.2 Å².